The van der Waals surface area contributed by atoms with Gasteiger partial charge >= 0.3 is 0 Å². The first-order valence-electron chi connectivity index (χ1n) is 6.77. The van der Waals surface area contributed by atoms with Crippen LogP contribution in [0.3, 0.4) is 0 Å². The molecular formula is C15H18N2O2. The summed E-state index contributed by atoms with van der Waals surface area (Å²) in [6.07, 6.45) is 4.14. The summed E-state index contributed by atoms with van der Waals surface area (Å²) in [6, 6.07) is 5.37. The molecule has 1 aromatic rings. The molecule has 1 aliphatic heterocycles. The topological polar surface area (TPSA) is 63.4 Å². The van der Waals surface area contributed by atoms with Gasteiger partial charge in [-0.25, -0.2) is 4.90 Å². The maximum absolute atomic E-state index is 12.6. The van der Waals surface area contributed by atoms with Gasteiger partial charge in [0.05, 0.1) is 11.1 Å². The lowest BCUT2D eigenvalue weighted by atomic mass is 9.84. The summed E-state index contributed by atoms with van der Waals surface area (Å²) in [5.74, 6) is -0.117. The van der Waals surface area contributed by atoms with Gasteiger partial charge < -0.3 is 5.73 Å². The third-order valence-electron chi connectivity index (χ3n) is 4.48. The van der Waals surface area contributed by atoms with Crippen molar-refractivity contribution < 1.29 is 9.59 Å². The molecule has 1 spiro atoms. The van der Waals surface area contributed by atoms with Gasteiger partial charge in [-0.2, -0.15) is 0 Å². The van der Waals surface area contributed by atoms with Crippen LogP contribution in [-0.2, 0) is 9.59 Å². The van der Waals surface area contributed by atoms with E-state index in [-0.39, 0.29) is 11.8 Å². The van der Waals surface area contributed by atoms with E-state index in [9.17, 15) is 9.59 Å². The van der Waals surface area contributed by atoms with E-state index in [1.807, 2.05) is 13.0 Å². The van der Waals surface area contributed by atoms with Gasteiger partial charge in [-0.05, 0) is 37.5 Å². The Hall–Kier alpha value is -1.84. The van der Waals surface area contributed by atoms with Crippen LogP contribution in [0.25, 0.3) is 0 Å². The SMILES string of the molecule is Cc1ccc(N2C(=O)CC3(CCCC3)C2=O)cc1N. The fourth-order valence-corrected chi connectivity index (χ4v) is 3.27. The summed E-state index contributed by atoms with van der Waals surface area (Å²) in [7, 11) is 0. The zero-order valence-corrected chi connectivity index (χ0v) is 11.1. The second-order valence-electron chi connectivity index (χ2n) is 5.74. The van der Waals surface area contributed by atoms with Crippen LogP contribution < -0.4 is 10.6 Å². The Morgan fingerprint density at radius 1 is 1.21 bits per heavy atom. The molecule has 1 aromatic carbocycles. The molecule has 1 saturated carbocycles. The molecule has 1 aliphatic carbocycles. The van der Waals surface area contributed by atoms with E-state index in [0.29, 0.717) is 17.8 Å². The first-order chi connectivity index (χ1) is 9.03. The predicted molar refractivity (Wildman–Crippen MR) is 73.6 cm³/mol. The van der Waals surface area contributed by atoms with Crippen LogP contribution in [0.5, 0.6) is 0 Å². The molecule has 100 valence electrons. The molecule has 2 N–H and O–H groups in total. The van der Waals surface area contributed by atoms with Gasteiger partial charge in [-0.1, -0.05) is 18.9 Å². The van der Waals surface area contributed by atoms with E-state index >= 15 is 0 Å². The molecule has 19 heavy (non-hydrogen) atoms. The van der Waals surface area contributed by atoms with Crippen molar-refractivity contribution >= 4 is 23.2 Å². The highest BCUT2D eigenvalue weighted by atomic mass is 16.2. The Kier molecular flexibility index (Phi) is 2.62. The molecule has 1 heterocycles. The van der Waals surface area contributed by atoms with Crippen molar-refractivity contribution in [3.05, 3.63) is 23.8 Å². The van der Waals surface area contributed by atoms with Crippen molar-refractivity contribution in [3.63, 3.8) is 0 Å². The highest BCUT2D eigenvalue weighted by Gasteiger charge is 2.53. The molecule has 0 radical (unpaired) electrons. The number of hydrogen-bond acceptors (Lipinski definition) is 3. The summed E-state index contributed by atoms with van der Waals surface area (Å²) in [4.78, 5) is 26.1. The van der Waals surface area contributed by atoms with Crippen molar-refractivity contribution in [1.29, 1.82) is 0 Å². The number of nitrogens with zero attached hydrogens (tertiary/aromatic N) is 1. The molecule has 0 atom stereocenters. The Morgan fingerprint density at radius 2 is 1.89 bits per heavy atom. The number of hydrogen-bond donors (Lipinski definition) is 1. The lowest BCUT2D eigenvalue weighted by Crippen LogP contribution is -2.34. The van der Waals surface area contributed by atoms with Crippen LogP contribution in [0.4, 0.5) is 11.4 Å². The minimum absolute atomic E-state index is 0.0294. The summed E-state index contributed by atoms with van der Waals surface area (Å²) in [6.45, 7) is 1.91. The van der Waals surface area contributed by atoms with Crippen molar-refractivity contribution in [2.24, 2.45) is 5.41 Å². The largest absolute Gasteiger partial charge is 0.398 e. The number of rotatable bonds is 1. The number of carbonyl (C=O) groups is 2. The second kappa shape index (κ2) is 4.08. The van der Waals surface area contributed by atoms with E-state index in [0.717, 1.165) is 31.2 Å². The summed E-state index contributed by atoms with van der Waals surface area (Å²) in [5.41, 5.74) is 7.64. The van der Waals surface area contributed by atoms with Crippen molar-refractivity contribution in [3.8, 4) is 0 Å². The van der Waals surface area contributed by atoms with E-state index in [1.165, 1.54) is 4.90 Å². The van der Waals surface area contributed by atoms with Crippen LogP contribution in [0.15, 0.2) is 18.2 Å². The zero-order valence-electron chi connectivity index (χ0n) is 11.1. The normalized spacial score (nSPS) is 21.6. The zero-order chi connectivity index (χ0) is 13.6. The maximum Gasteiger partial charge on any atom is 0.240 e. The summed E-state index contributed by atoms with van der Waals surface area (Å²) < 4.78 is 0. The molecule has 4 nitrogen and oxygen atoms in total. The molecule has 2 aliphatic rings. The smallest absolute Gasteiger partial charge is 0.240 e. The third-order valence-corrected chi connectivity index (χ3v) is 4.48. The fraction of sp³-hybridized carbons (Fsp3) is 0.467. The lowest BCUT2D eigenvalue weighted by Gasteiger charge is -2.21. The van der Waals surface area contributed by atoms with E-state index in [2.05, 4.69) is 0 Å². The molecule has 2 fully saturated rings. The third kappa shape index (κ3) is 1.74. The van der Waals surface area contributed by atoms with Gasteiger partial charge in [0.15, 0.2) is 0 Å². The molecule has 4 heteroatoms. The number of aryl methyl sites for hydroxylation is 1. The molecule has 3 rings (SSSR count). The van der Waals surface area contributed by atoms with Crippen LogP contribution in [0.1, 0.15) is 37.7 Å². The standard InChI is InChI=1S/C15H18N2O2/c1-10-4-5-11(8-12(10)16)17-13(18)9-15(14(17)19)6-2-3-7-15/h4-5,8H,2-3,6-7,9,16H2,1H3. The number of anilines is 2. The highest BCUT2D eigenvalue weighted by molar-refractivity contribution is 6.22. The van der Waals surface area contributed by atoms with Crippen LogP contribution in [0.2, 0.25) is 0 Å². The monoisotopic (exact) mass is 258 g/mol. The maximum atomic E-state index is 12.6. The van der Waals surface area contributed by atoms with E-state index < -0.39 is 5.41 Å². The van der Waals surface area contributed by atoms with Gasteiger partial charge in [0, 0.05) is 12.1 Å². The van der Waals surface area contributed by atoms with Crippen LogP contribution >= 0.6 is 0 Å². The van der Waals surface area contributed by atoms with Crippen LogP contribution in [0, 0.1) is 12.3 Å². The first-order valence-corrected chi connectivity index (χ1v) is 6.77. The fourth-order valence-electron chi connectivity index (χ4n) is 3.27. The van der Waals surface area contributed by atoms with E-state index in [1.54, 1.807) is 12.1 Å². The minimum Gasteiger partial charge on any atom is -0.398 e. The molecule has 0 aromatic heterocycles. The van der Waals surface area contributed by atoms with Gasteiger partial charge in [0.2, 0.25) is 11.8 Å². The highest BCUT2D eigenvalue weighted by Crippen LogP contribution is 2.48. The second-order valence-corrected chi connectivity index (χ2v) is 5.74. The number of amides is 2. The van der Waals surface area contributed by atoms with Crippen molar-refractivity contribution in [2.75, 3.05) is 10.6 Å². The first kappa shape index (κ1) is 12.2. The predicted octanol–water partition coefficient (Wildman–Crippen LogP) is 2.40. The number of benzene rings is 1. The number of carbonyl (C=O) groups excluding carboxylic acids is 2. The summed E-state index contributed by atoms with van der Waals surface area (Å²) in [5, 5.41) is 0. The van der Waals surface area contributed by atoms with Gasteiger partial charge in [0.25, 0.3) is 0 Å². The van der Waals surface area contributed by atoms with Crippen molar-refractivity contribution in [1.82, 2.24) is 0 Å². The average molecular weight is 258 g/mol. The van der Waals surface area contributed by atoms with Gasteiger partial charge in [0.1, 0.15) is 0 Å². The van der Waals surface area contributed by atoms with Gasteiger partial charge in [-0.3, -0.25) is 9.59 Å². The Morgan fingerprint density at radius 3 is 2.53 bits per heavy atom. The summed E-state index contributed by atoms with van der Waals surface area (Å²) >= 11 is 0. The number of imide groups is 1. The molecule has 0 bridgehead atoms. The van der Waals surface area contributed by atoms with Crippen LogP contribution in [-0.4, -0.2) is 11.8 Å². The Labute approximate surface area is 112 Å². The molecule has 0 unspecified atom stereocenters. The quantitative estimate of drug-likeness (QED) is 0.621. The Bertz CT molecular complexity index is 559. The van der Waals surface area contributed by atoms with E-state index in [4.69, 9.17) is 5.73 Å². The number of nitrogens with two attached hydrogens (primary N) is 1. The molecular weight excluding hydrogens is 240 g/mol. The Balaban J connectivity index is 1.98. The molecule has 1 saturated heterocycles. The van der Waals surface area contributed by atoms with Gasteiger partial charge in [-0.15, -0.1) is 0 Å². The molecule has 2 amide bonds. The average Bonchev–Trinajstić information content (AvgIpc) is 2.91. The number of nitrogen functional groups attached to an aromatic ring is 1. The minimum atomic E-state index is -0.420. The lowest BCUT2D eigenvalue weighted by molar-refractivity contribution is -0.125. The van der Waals surface area contributed by atoms with Crippen molar-refractivity contribution in [2.45, 2.75) is 39.0 Å².